The van der Waals surface area contributed by atoms with Gasteiger partial charge in [-0.3, -0.25) is 18.7 Å². The van der Waals surface area contributed by atoms with Gasteiger partial charge in [0.2, 0.25) is 11.9 Å². The van der Waals surface area contributed by atoms with E-state index < -0.39 is 105 Å². The van der Waals surface area contributed by atoms with Crippen LogP contribution < -0.4 is 31.8 Å². The van der Waals surface area contributed by atoms with Gasteiger partial charge in [-0.15, -0.1) is 0 Å². The number of amides is 2. The first-order valence-corrected chi connectivity index (χ1v) is 27.1. The minimum Gasteiger partial charge on any atom is -0.453 e. The molecule has 0 spiro atoms. The predicted molar refractivity (Wildman–Crippen MR) is 266 cm³/mol. The minimum atomic E-state index is -3.03. The number of fused-ring (bicyclic) bond motifs is 3. The molecule has 8 N–H and O–H groups in total. The molecule has 73 heavy (non-hydrogen) atoms. The normalized spacial score (nSPS) is 24.6. The molecular weight excluding hydrogens is 1020 g/mol. The first-order valence-electron chi connectivity index (χ1n) is 23.6. The number of hydrogen-bond acceptors (Lipinski definition) is 24. The van der Waals surface area contributed by atoms with E-state index in [4.69, 9.17) is 48.7 Å². The number of anilines is 2. The van der Waals surface area contributed by atoms with E-state index in [-0.39, 0.29) is 69.8 Å². The fraction of sp³-hybridized carbons (Fsp3) is 0.682. The molecule has 0 saturated carbocycles. The second-order valence-corrected chi connectivity index (χ2v) is 26.8. The van der Waals surface area contributed by atoms with Crippen LogP contribution in [-0.4, -0.2) is 147 Å². The number of nitrogens with two attached hydrogens (primary N) is 2. The van der Waals surface area contributed by atoms with Crippen LogP contribution in [0.5, 0.6) is 0 Å². The van der Waals surface area contributed by atoms with Crippen molar-refractivity contribution in [3.8, 4) is 0 Å². The Kier molecular flexibility index (Phi) is 17.6. The van der Waals surface area contributed by atoms with Crippen LogP contribution in [0.2, 0.25) is 10.1 Å². The monoisotopic (exact) mass is 1080 g/mol. The number of nitrogens with zero attached hydrogens (tertiary/aromatic N) is 6. The van der Waals surface area contributed by atoms with Gasteiger partial charge < -0.3 is 69.6 Å². The van der Waals surface area contributed by atoms with Crippen molar-refractivity contribution in [2.24, 2.45) is 11.8 Å². The number of aromatic nitrogens is 6. The van der Waals surface area contributed by atoms with Gasteiger partial charge in [0.25, 0.3) is 0 Å². The number of hydrogen-bond donors (Lipinski definition) is 6. The SMILES string of the molecule is CCOC(=O)N[C@H](C(=O)O[C@@H]1[C@@H](O)[C@@H](CO)O[C@H]1n1c(=O)sc2cnc(N)nc21)C(C)C.CCOC(=O)N[C@H](C(=O)O[C@@H]1[C@H]2O[Si](C(C)(C)C)(C(C)(C)C)OC[C@H]2O[C@H]1n1c(=O)sc2cnc(N)nc21)C(C)C. The molecule has 0 bridgehead atoms. The summed E-state index contributed by atoms with van der Waals surface area (Å²) in [6, 6.07) is -2.11. The number of nitrogen functional groups attached to an aromatic ring is 2. The van der Waals surface area contributed by atoms with Gasteiger partial charge >= 0.3 is 42.4 Å². The number of aliphatic hydroxyl groups is 2. The zero-order valence-corrected chi connectivity index (χ0v) is 45.3. The smallest absolute Gasteiger partial charge is 0.407 e. The summed E-state index contributed by atoms with van der Waals surface area (Å²) in [5, 5.41) is 24.5. The van der Waals surface area contributed by atoms with Crippen molar-refractivity contribution in [3.63, 3.8) is 0 Å². The highest BCUT2D eigenvalue weighted by molar-refractivity contribution is 7.16. The molecule has 2 amide bonds. The maximum Gasteiger partial charge on any atom is 0.407 e. The average molecular weight is 1080 g/mol. The van der Waals surface area contributed by atoms with Crippen molar-refractivity contribution in [1.82, 2.24) is 39.7 Å². The number of aliphatic hydroxyl groups excluding tert-OH is 2. The summed E-state index contributed by atoms with van der Waals surface area (Å²) in [6.45, 7) is 22.5. The Morgan fingerprint density at radius 1 is 0.781 bits per heavy atom. The lowest BCUT2D eigenvalue weighted by Gasteiger charge is -2.53. The molecule has 3 fully saturated rings. The summed E-state index contributed by atoms with van der Waals surface area (Å²) in [7, 11) is -3.03. The molecule has 0 aliphatic carbocycles. The summed E-state index contributed by atoms with van der Waals surface area (Å²) in [4.78, 5) is 91.9. The number of thiazole rings is 2. The number of carbonyl (C=O) groups excluding carboxylic acids is 4. The van der Waals surface area contributed by atoms with Gasteiger partial charge in [0.05, 0.1) is 48.2 Å². The van der Waals surface area contributed by atoms with E-state index >= 15 is 0 Å². The van der Waals surface area contributed by atoms with Crippen LogP contribution in [0.25, 0.3) is 20.7 Å². The lowest BCUT2D eigenvalue weighted by molar-refractivity contribution is -0.162. The van der Waals surface area contributed by atoms with Crippen molar-refractivity contribution >= 4 is 88.0 Å². The third kappa shape index (κ3) is 11.8. The highest BCUT2D eigenvalue weighted by atomic mass is 32.1. The maximum atomic E-state index is 13.7. The second kappa shape index (κ2) is 22.6. The molecule has 29 heteroatoms. The standard InChI is InChI=1S/C26H41N5O8SSi.C18H25N5O8S/c1-10-35-23(33)29-16(13(2)3)21(32)38-18-17-14(12-36-41(39-17,25(4,5)6)26(7,8)9)37-20(18)31-19-15(40-24(31)34)11-28-22(27)30-19;1-4-29-17(27)21-10(7(2)3)15(26)31-12-11(25)8(6-24)30-14(12)23-13-9(32-18(23)28)5-20-16(19)22-13/h11,13-14,16-18,20H,10,12H2,1-9H3,(H,29,33)(H2,27,28,30);5,7-8,10-12,14,24-25H,4,6H2,1-3H3,(H,21,27)(H2,19,20,22)/t14-,16+,17+,18-,20-;8-,10+,11+,12-,14-/m11/s1. The molecule has 404 valence electrons. The van der Waals surface area contributed by atoms with E-state index in [1.54, 1.807) is 41.5 Å². The number of ether oxygens (including phenoxy) is 6. The summed E-state index contributed by atoms with van der Waals surface area (Å²) in [5.41, 5.74) is 11.9. The first kappa shape index (κ1) is 56.9. The fourth-order valence-corrected chi connectivity index (χ4v) is 15.6. The van der Waals surface area contributed by atoms with E-state index in [1.807, 2.05) is 0 Å². The van der Waals surface area contributed by atoms with Crippen molar-refractivity contribution < 1.29 is 66.7 Å². The van der Waals surface area contributed by atoms with Gasteiger partial charge in [-0.2, -0.15) is 9.97 Å². The van der Waals surface area contributed by atoms with Crippen LogP contribution >= 0.6 is 22.7 Å². The van der Waals surface area contributed by atoms with Gasteiger partial charge in [-0.1, -0.05) is 91.9 Å². The van der Waals surface area contributed by atoms with E-state index in [0.717, 1.165) is 27.2 Å². The highest BCUT2D eigenvalue weighted by Crippen LogP contribution is 2.56. The molecule has 4 aromatic rings. The van der Waals surface area contributed by atoms with E-state index in [2.05, 4.69) is 72.1 Å². The zero-order valence-electron chi connectivity index (χ0n) is 42.7. The molecule has 10 atom stereocenters. The number of nitrogens with one attached hydrogen (secondary N) is 2. The Labute approximate surface area is 428 Å². The van der Waals surface area contributed by atoms with Gasteiger partial charge in [0, 0.05) is 10.1 Å². The molecule has 7 heterocycles. The quantitative estimate of drug-likeness (QED) is 0.0637. The van der Waals surface area contributed by atoms with E-state index in [0.29, 0.717) is 9.40 Å². The Balaban J connectivity index is 0.000000246. The first-order chi connectivity index (χ1) is 34.2. The molecule has 3 aliphatic heterocycles. The molecule has 3 saturated heterocycles. The van der Waals surface area contributed by atoms with Crippen molar-refractivity contribution in [2.75, 3.05) is 37.9 Å². The van der Waals surface area contributed by atoms with Crippen LogP contribution in [0, 0.1) is 11.8 Å². The third-order valence-corrected chi connectivity index (χ3v) is 19.1. The van der Waals surface area contributed by atoms with Gasteiger partial charge in [-0.25, -0.2) is 29.1 Å². The van der Waals surface area contributed by atoms with Gasteiger partial charge in [0.1, 0.15) is 36.5 Å². The minimum absolute atomic E-state index is 0.0158. The van der Waals surface area contributed by atoms with Crippen molar-refractivity contribution in [1.29, 1.82) is 0 Å². The van der Waals surface area contributed by atoms with Gasteiger partial charge in [-0.05, 0) is 25.7 Å². The average Bonchev–Trinajstić information content (AvgIpc) is 4.01. The Morgan fingerprint density at radius 2 is 1.22 bits per heavy atom. The van der Waals surface area contributed by atoms with Crippen LogP contribution in [-0.2, 0) is 46.9 Å². The maximum absolute atomic E-state index is 13.7. The molecule has 0 aromatic carbocycles. The number of carbonyl (C=O) groups is 4. The third-order valence-electron chi connectivity index (χ3n) is 12.2. The predicted octanol–water partition coefficient (Wildman–Crippen LogP) is 2.84. The fourth-order valence-electron chi connectivity index (χ4n) is 9.02. The number of alkyl carbamates (subject to hydrolysis) is 2. The Bertz CT molecular complexity index is 2740. The molecule has 0 radical (unpaired) electrons. The number of rotatable bonds is 13. The largest absolute Gasteiger partial charge is 0.453 e. The zero-order chi connectivity index (χ0) is 54.1. The molecule has 4 aromatic heterocycles. The highest BCUT2D eigenvalue weighted by Gasteiger charge is 2.66. The summed E-state index contributed by atoms with van der Waals surface area (Å²) >= 11 is 1.75. The molecule has 26 nitrogen and oxygen atoms in total. The summed E-state index contributed by atoms with van der Waals surface area (Å²) in [6.07, 6.45) is -7.50. The Hall–Kier alpha value is -5.40. The summed E-state index contributed by atoms with van der Waals surface area (Å²) in [5.74, 6) is -2.38. The summed E-state index contributed by atoms with van der Waals surface area (Å²) < 4.78 is 50.3. The Morgan fingerprint density at radius 3 is 1.63 bits per heavy atom. The number of esters is 2. The lowest BCUT2D eigenvalue weighted by Crippen LogP contribution is -2.65. The molecule has 7 rings (SSSR count). The van der Waals surface area contributed by atoms with Crippen LogP contribution in [0.3, 0.4) is 0 Å². The topological polar surface area (TPSA) is 354 Å². The van der Waals surface area contributed by atoms with E-state index in [1.165, 1.54) is 17.0 Å². The molecule has 3 aliphatic rings. The molecule has 0 unspecified atom stereocenters. The lowest BCUT2D eigenvalue weighted by atomic mass is 10.0. The molecular formula is C44H66N10O16S2Si. The van der Waals surface area contributed by atoms with Crippen LogP contribution in [0.15, 0.2) is 22.0 Å². The van der Waals surface area contributed by atoms with Crippen LogP contribution in [0.4, 0.5) is 21.5 Å². The van der Waals surface area contributed by atoms with Crippen LogP contribution in [0.1, 0.15) is 95.5 Å². The van der Waals surface area contributed by atoms with Gasteiger partial charge in [0.15, 0.2) is 36.0 Å². The van der Waals surface area contributed by atoms with E-state index in [9.17, 15) is 39.0 Å². The van der Waals surface area contributed by atoms with Crippen molar-refractivity contribution in [3.05, 3.63) is 31.7 Å². The van der Waals surface area contributed by atoms with Crippen molar-refractivity contribution in [2.45, 2.75) is 154 Å². The second-order valence-electron chi connectivity index (χ2n) is 20.1.